The zero-order valence-electron chi connectivity index (χ0n) is 10.7. The number of rotatable bonds is 4. The van der Waals surface area contributed by atoms with Crippen molar-refractivity contribution in [3.05, 3.63) is 40.4 Å². The van der Waals surface area contributed by atoms with Crippen molar-refractivity contribution in [2.24, 2.45) is 0 Å². The Kier molecular flexibility index (Phi) is 4.24. The highest BCUT2D eigenvalue weighted by atomic mass is 79.9. The maximum absolute atomic E-state index is 9.74. The number of nitrogens with one attached hydrogen (secondary N) is 1. The highest BCUT2D eigenvalue weighted by Gasteiger charge is 2.11. The molecule has 2 rings (SSSR count). The van der Waals surface area contributed by atoms with Crippen LogP contribution in [0.5, 0.6) is 23.0 Å². The molecule has 0 heterocycles. The molecule has 0 radical (unpaired) electrons. The molecule has 6 heteroatoms. The predicted octanol–water partition coefficient (Wildman–Crippen LogP) is 3.19. The van der Waals surface area contributed by atoms with Crippen molar-refractivity contribution < 1.29 is 20.1 Å². The summed E-state index contributed by atoms with van der Waals surface area (Å²) in [6, 6.07) is 8.33. The average molecular weight is 340 g/mol. The summed E-state index contributed by atoms with van der Waals surface area (Å²) in [5.74, 6) is -0.507. The molecule has 0 bridgehead atoms. The first kappa shape index (κ1) is 14.3. The van der Waals surface area contributed by atoms with E-state index >= 15 is 0 Å². The number of halogens is 1. The number of phenols is 3. The summed E-state index contributed by atoms with van der Waals surface area (Å²) in [4.78, 5) is 0. The molecule has 2 aromatic carbocycles. The van der Waals surface area contributed by atoms with Crippen LogP contribution in [0, 0.1) is 0 Å². The van der Waals surface area contributed by atoms with E-state index in [0.717, 1.165) is 10.2 Å². The fourth-order valence-electron chi connectivity index (χ4n) is 1.71. The van der Waals surface area contributed by atoms with Crippen LogP contribution in [0.2, 0.25) is 0 Å². The molecule has 0 fully saturated rings. The van der Waals surface area contributed by atoms with E-state index in [-0.39, 0.29) is 18.0 Å². The van der Waals surface area contributed by atoms with Crippen LogP contribution >= 0.6 is 15.9 Å². The second-order valence-corrected chi connectivity index (χ2v) is 4.99. The number of hydrogen-bond acceptors (Lipinski definition) is 5. The molecule has 106 valence electrons. The quantitative estimate of drug-likeness (QED) is 0.643. The van der Waals surface area contributed by atoms with Gasteiger partial charge in [-0.3, -0.25) is 0 Å². The standard InChI is InChI=1S/C14H14BrNO4/c1-20-9-3-4-10(15)11(6-9)16-7-8-2-5-12(17)14(19)13(8)18/h2-6,16-19H,7H2,1H3. The Morgan fingerprint density at radius 2 is 1.85 bits per heavy atom. The topological polar surface area (TPSA) is 82.0 Å². The average Bonchev–Trinajstić information content (AvgIpc) is 2.45. The van der Waals surface area contributed by atoms with Gasteiger partial charge in [0, 0.05) is 22.6 Å². The lowest BCUT2D eigenvalue weighted by Crippen LogP contribution is -2.01. The first-order valence-corrected chi connectivity index (χ1v) is 6.62. The molecule has 0 spiro atoms. The number of hydrogen-bond donors (Lipinski definition) is 4. The number of methoxy groups -OCH3 is 1. The molecule has 0 amide bonds. The fourth-order valence-corrected chi connectivity index (χ4v) is 2.10. The normalized spacial score (nSPS) is 10.3. The molecular formula is C14H14BrNO4. The van der Waals surface area contributed by atoms with E-state index in [1.807, 2.05) is 12.1 Å². The Hall–Kier alpha value is -2.08. The summed E-state index contributed by atoms with van der Waals surface area (Å²) < 4.78 is 5.99. The molecule has 0 saturated heterocycles. The van der Waals surface area contributed by atoms with Crippen molar-refractivity contribution in [1.82, 2.24) is 0 Å². The summed E-state index contributed by atoms with van der Waals surface area (Å²) in [6.45, 7) is 0.283. The molecule has 0 aromatic heterocycles. The number of aromatic hydroxyl groups is 3. The summed E-state index contributed by atoms with van der Waals surface area (Å²) >= 11 is 3.41. The lowest BCUT2D eigenvalue weighted by atomic mass is 10.1. The van der Waals surface area contributed by atoms with Gasteiger partial charge in [-0.1, -0.05) is 0 Å². The van der Waals surface area contributed by atoms with Crippen LogP contribution in [0.4, 0.5) is 5.69 Å². The molecule has 0 aliphatic carbocycles. The minimum absolute atomic E-state index is 0.283. The van der Waals surface area contributed by atoms with Gasteiger partial charge in [0.15, 0.2) is 11.5 Å². The van der Waals surface area contributed by atoms with E-state index in [0.29, 0.717) is 11.3 Å². The predicted molar refractivity (Wildman–Crippen MR) is 79.5 cm³/mol. The minimum atomic E-state index is -0.519. The Balaban J connectivity index is 2.19. The lowest BCUT2D eigenvalue weighted by molar-refractivity contribution is 0.365. The zero-order chi connectivity index (χ0) is 14.7. The van der Waals surface area contributed by atoms with Gasteiger partial charge in [0.2, 0.25) is 5.75 Å². The van der Waals surface area contributed by atoms with Gasteiger partial charge in [-0.2, -0.15) is 0 Å². The smallest absolute Gasteiger partial charge is 0.200 e. The van der Waals surface area contributed by atoms with Crippen molar-refractivity contribution >= 4 is 21.6 Å². The highest BCUT2D eigenvalue weighted by Crippen LogP contribution is 2.37. The van der Waals surface area contributed by atoms with Crippen molar-refractivity contribution in [2.45, 2.75) is 6.54 Å². The van der Waals surface area contributed by atoms with Gasteiger partial charge < -0.3 is 25.4 Å². The van der Waals surface area contributed by atoms with Crippen LogP contribution in [0.15, 0.2) is 34.8 Å². The van der Waals surface area contributed by atoms with E-state index in [2.05, 4.69) is 21.2 Å². The van der Waals surface area contributed by atoms with E-state index in [4.69, 9.17) is 4.74 Å². The van der Waals surface area contributed by atoms with Crippen LogP contribution in [-0.2, 0) is 6.54 Å². The third kappa shape index (κ3) is 2.91. The Bertz CT molecular complexity index is 631. The maximum atomic E-state index is 9.74. The summed E-state index contributed by atoms with van der Waals surface area (Å²) in [5, 5.41) is 31.6. The molecule has 2 aromatic rings. The first-order chi connectivity index (χ1) is 9.52. The largest absolute Gasteiger partial charge is 0.504 e. The third-order valence-corrected chi connectivity index (χ3v) is 3.55. The van der Waals surface area contributed by atoms with Gasteiger partial charge >= 0.3 is 0 Å². The van der Waals surface area contributed by atoms with E-state index < -0.39 is 5.75 Å². The van der Waals surface area contributed by atoms with E-state index in [1.54, 1.807) is 13.2 Å². The van der Waals surface area contributed by atoms with Crippen molar-refractivity contribution in [1.29, 1.82) is 0 Å². The van der Waals surface area contributed by atoms with Crippen LogP contribution in [0.25, 0.3) is 0 Å². The van der Waals surface area contributed by atoms with Crippen LogP contribution in [-0.4, -0.2) is 22.4 Å². The Labute approximate surface area is 124 Å². The second kappa shape index (κ2) is 5.92. The molecule has 0 atom stereocenters. The van der Waals surface area contributed by atoms with Gasteiger partial charge in [0.25, 0.3) is 0 Å². The molecular weight excluding hydrogens is 326 g/mol. The molecule has 5 nitrogen and oxygen atoms in total. The summed E-state index contributed by atoms with van der Waals surface area (Å²) in [5.41, 5.74) is 1.26. The van der Waals surface area contributed by atoms with Crippen molar-refractivity contribution in [2.75, 3.05) is 12.4 Å². The molecule has 0 saturated carbocycles. The zero-order valence-corrected chi connectivity index (χ0v) is 12.3. The second-order valence-electron chi connectivity index (χ2n) is 4.14. The lowest BCUT2D eigenvalue weighted by Gasteiger charge is -2.12. The van der Waals surface area contributed by atoms with Crippen molar-refractivity contribution in [3.63, 3.8) is 0 Å². The molecule has 0 unspecified atom stereocenters. The van der Waals surface area contributed by atoms with Crippen LogP contribution < -0.4 is 10.1 Å². The van der Waals surface area contributed by atoms with Gasteiger partial charge in [-0.25, -0.2) is 0 Å². The molecule has 20 heavy (non-hydrogen) atoms. The van der Waals surface area contributed by atoms with Crippen LogP contribution in [0.3, 0.4) is 0 Å². The monoisotopic (exact) mass is 339 g/mol. The van der Waals surface area contributed by atoms with E-state index in [1.165, 1.54) is 12.1 Å². The van der Waals surface area contributed by atoms with Crippen LogP contribution in [0.1, 0.15) is 5.56 Å². The minimum Gasteiger partial charge on any atom is -0.504 e. The Morgan fingerprint density at radius 3 is 2.55 bits per heavy atom. The van der Waals surface area contributed by atoms with E-state index in [9.17, 15) is 15.3 Å². The van der Waals surface area contributed by atoms with Crippen molar-refractivity contribution in [3.8, 4) is 23.0 Å². The number of benzene rings is 2. The maximum Gasteiger partial charge on any atom is 0.200 e. The number of anilines is 1. The summed E-state index contributed by atoms with van der Waals surface area (Å²) in [7, 11) is 1.58. The number of phenolic OH excluding ortho intramolecular Hbond substituents is 3. The number of ether oxygens (including phenoxy) is 1. The van der Waals surface area contributed by atoms with Gasteiger partial charge in [-0.05, 0) is 40.2 Å². The molecule has 0 aliphatic rings. The third-order valence-electron chi connectivity index (χ3n) is 2.86. The van der Waals surface area contributed by atoms with Gasteiger partial charge in [-0.15, -0.1) is 0 Å². The van der Waals surface area contributed by atoms with Gasteiger partial charge in [0.1, 0.15) is 5.75 Å². The fraction of sp³-hybridized carbons (Fsp3) is 0.143. The first-order valence-electron chi connectivity index (χ1n) is 5.83. The van der Waals surface area contributed by atoms with Gasteiger partial charge in [0.05, 0.1) is 12.8 Å². The Morgan fingerprint density at radius 1 is 1.10 bits per heavy atom. The molecule has 4 N–H and O–H groups in total. The highest BCUT2D eigenvalue weighted by molar-refractivity contribution is 9.10. The molecule has 0 aliphatic heterocycles. The SMILES string of the molecule is COc1ccc(Br)c(NCc2ccc(O)c(O)c2O)c1. The summed E-state index contributed by atoms with van der Waals surface area (Å²) in [6.07, 6.45) is 0.